The third-order valence-corrected chi connectivity index (χ3v) is 4.15. The molecule has 6 nitrogen and oxygen atoms in total. The van der Waals surface area contributed by atoms with Gasteiger partial charge in [0, 0.05) is 24.6 Å². The van der Waals surface area contributed by atoms with Crippen molar-refractivity contribution in [3.8, 4) is 0 Å². The molecule has 3 rings (SSSR count). The van der Waals surface area contributed by atoms with Crippen molar-refractivity contribution in [2.24, 2.45) is 0 Å². The zero-order valence-electron chi connectivity index (χ0n) is 15.4. The quantitative estimate of drug-likeness (QED) is 0.663. The van der Waals surface area contributed by atoms with E-state index in [1.54, 1.807) is 37.4 Å². The van der Waals surface area contributed by atoms with Crippen LogP contribution >= 0.6 is 0 Å². The van der Waals surface area contributed by atoms with E-state index in [9.17, 15) is 9.59 Å². The van der Waals surface area contributed by atoms with Crippen LogP contribution in [-0.2, 0) is 11.3 Å². The number of furan rings is 1. The number of benzene rings is 2. The Morgan fingerprint density at radius 1 is 1.04 bits per heavy atom. The second kappa shape index (κ2) is 8.51. The van der Waals surface area contributed by atoms with Crippen molar-refractivity contribution in [1.82, 2.24) is 5.32 Å². The summed E-state index contributed by atoms with van der Waals surface area (Å²) >= 11 is 0. The molecule has 1 heterocycles. The molecule has 0 fully saturated rings. The van der Waals surface area contributed by atoms with Crippen LogP contribution < -0.4 is 10.6 Å². The minimum Gasteiger partial charge on any atom is -0.451 e. The molecular weight excluding hydrogens is 344 g/mol. The number of anilines is 1. The number of hydrogen-bond donors (Lipinski definition) is 2. The first-order valence-electron chi connectivity index (χ1n) is 8.83. The van der Waals surface area contributed by atoms with Gasteiger partial charge in [-0.25, -0.2) is 0 Å². The Morgan fingerprint density at radius 3 is 2.56 bits per heavy atom. The van der Waals surface area contributed by atoms with E-state index in [0.717, 1.165) is 11.8 Å². The molecule has 0 radical (unpaired) electrons. The molecule has 2 N–H and O–H groups in total. The standard InChI is InChI=1S/C21H22N2O4/c1-3-12-22-20(24)15-9-4-6-10-17(15)23-21(25)19-16(13-26-2)14-8-5-7-11-18(14)27-19/h4-11H,3,12-13H2,1-2H3,(H,22,24)(H,23,25). The van der Waals surface area contributed by atoms with Crippen molar-refractivity contribution in [2.75, 3.05) is 19.0 Å². The van der Waals surface area contributed by atoms with Crippen LogP contribution in [0.3, 0.4) is 0 Å². The average molecular weight is 366 g/mol. The van der Waals surface area contributed by atoms with Gasteiger partial charge in [-0.05, 0) is 24.6 Å². The van der Waals surface area contributed by atoms with Crippen molar-refractivity contribution in [2.45, 2.75) is 20.0 Å². The largest absolute Gasteiger partial charge is 0.451 e. The summed E-state index contributed by atoms with van der Waals surface area (Å²) in [4.78, 5) is 25.2. The number of methoxy groups -OCH3 is 1. The molecule has 0 saturated carbocycles. The fraction of sp³-hybridized carbons (Fsp3) is 0.238. The van der Waals surface area contributed by atoms with Crippen molar-refractivity contribution in [3.05, 3.63) is 65.4 Å². The van der Waals surface area contributed by atoms with Crippen LogP contribution in [0.2, 0.25) is 0 Å². The third kappa shape index (κ3) is 4.01. The van der Waals surface area contributed by atoms with Gasteiger partial charge in [0.05, 0.1) is 17.9 Å². The topological polar surface area (TPSA) is 80.6 Å². The summed E-state index contributed by atoms with van der Waals surface area (Å²) in [7, 11) is 1.57. The molecule has 0 bridgehead atoms. The number of ether oxygens (including phenoxy) is 1. The highest BCUT2D eigenvalue weighted by atomic mass is 16.5. The van der Waals surface area contributed by atoms with Gasteiger partial charge in [0.1, 0.15) is 5.58 Å². The van der Waals surface area contributed by atoms with Crippen LogP contribution in [0.25, 0.3) is 11.0 Å². The molecule has 0 aliphatic carbocycles. The first-order valence-corrected chi connectivity index (χ1v) is 8.83. The van der Waals surface area contributed by atoms with Gasteiger partial charge in [-0.1, -0.05) is 37.3 Å². The predicted octanol–water partition coefficient (Wildman–Crippen LogP) is 3.97. The van der Waals surface area contributed by atoms with Crippen molar-refractivity contribution in [3.63, 3.8) is 0 Å². The van der Waals surface area contributed by atoms with Crippen LogP contribution in [0, 0.1) is 0 Å². The minimum atomic E-state index is -0.422. The molecule has 2 amide bonds. The molecule has 0 unspecified atom stereocenters. The minimum absolute atomic E-state index is 0.182. The number of para-hydroxylation sites is 2. The van der Waals surface area contributed by atoms with Gasteiger partial charge in [-0.15, -0.1) is 0 Å². The molecule has 0 spiro atoms. The summed E-state index contributed by atoms with van der Waals surface area (Å²) in [6.07, 6.45) is 0.833. The van der Waals surface area contributed by atoms with Gasteiger partial charge in [-0.2, -0.15) is 0 Å². The lowest BCUT2D eigenvalue weighted by atomic mass is 10.1. The number of hydrogen-bond acceptors (Lipinski definition) is 4. The number of nitrogens with one attached hydrogen (secondary N) is 2. The number of amides is 2. The predicted molar refractivity (Wildman–Crippen MR) is 104 cm³/mol. The number of carbonyl (C=O) groups is 2. The second-order valence-corrected chi connectivity index (χ2v) is 6.09. The summed E-state index contributed by atoms with van der Waals surface area (Å²) in [5.74, 6) is -0.467. The first-order chi connectivity index (χ1) is 13.2. The fourth-order valence-electron chi connectivity index (χ4n) is 2.87. The molecule has 3 aromatic rings. The van der Waals surface area contributed by atoms with Crippen LogP contribution in [-0.4, -0.2) is 25.5 Å². The van der Waals surface area contributed by atoms with Gasteiger partial charge >= 0.3 is 0 Å². The molecule has 2 aromatic carbocycles. The number of fused-ring (bicyclic) bond motifs is 1. The van der Waals surface area contributed by atoms with Crippen molar-refractivity contribution >= 4 is 28.5 Å². The lowest BCUT2D eigenvalue weighted by Gasteiger charge is -2.11. The SMILES string of the molecule is CCCNC(=O)c1ccccc1NC(=O)c1oc2ccccc2c1COC. The highest BCUT2D eigenvalue weighted by molar-refractivity contribution is 6.10. The lowest BCUT2D eigenvalue weighted by molar-refractivity contribution is 0.0954. The zero-order valence-corrected chi connectivity index (χ0v) is 15.4. The highest BCUT2D eigenvalue weighted by Crippen LogP contribution is 2.27. The molecule has 0 atom stereocenters. The first kappa shape index (κ1) is 18.7. The van der Waals surface area contributed by atoms with E-state index < -0.39 is 5.91 Å². The van der Waals surface area contributed by atoms with E-state index in [4.69, 9.17) is 9.15 Å². The molecule has 0 aliphatic rings. The smallest absolute Gasteiger partial charge is 0.291 e. The average Bonchev–Trinajstić information content (AvgIpc) is 3.06. The monoisotopic (exact) mass is 366 g/mol. The molecular formula is C21H22N2O4. The van der Waals surface area contributed by atoms with Crippen molar-refractivity contribution in [1.29, 1.82) is 0 Å². The normalized spacial score (nSPS) is 10.7. The maximum absolute atomic E-state index is 12.9. The van der Waals surface area contributed by atoms with E-state index in [1.165, 1.54) is 0 Å². The molecule has 6 heteroatoms. The van der Waals surface area contributed by atoms with Crippen LogP contribution in [0.15, 0.2) is 52.9 Å². The summed E-state index contributed by atoms with van der Waals surface area (Å²) in [6.45, 7) is 2.80. The Hall–Kier alpha value is -3.12. The van der Waals surface area contributed by atoms with Crippen LogP contribution in [0.4, 0.5) is 5.69 Å². The molecule has 27 heavy (non-hydrogen) atoms. The number of rotatable bonds is 7. The maximum Gasteiger partial charge on any atom is 0.291 e. The second-order valence-electron chi connectivity index (χ2n) is 6.09. The Bertz CT molecular complexity index is 962. The van der Waals surface area contributed by atoms with Gasteiger partial charge in [-0.3, -0.25) is 9.59 Å². The summed E-state index contributed by atoms with van der Waals surface area (Å²) < 4.78 is 11.0. The van der Waals surface area contributed by atoms with Gasteiger partial charge in [0.15, 0.2) is 5.76 Å². The zero-order chi connectivity index (χ0) is 19.2. The summed E-state index contributed by atoms with van der Waals surface area (Å²) in [5.41, 5.74) is 2.13. The van der Waals surface area contributed by atoms with Crippen LogP contribution in [0.5, 0.6) is 0 Å². The van der Waals surface area contributed by atoms with Crippen LogP contribution in [0.1, 0.15) is 39.8 Å². The highest BCUT2D eigenvalue weighted by Gasteiger charge is 2.22. The Labute approximate surface area is 157 Å². The van der Waals surface area contributed by atoms with Gasteiger partial charge in [0.25, 0.3) is 11.8 Å². The van der Waals surface area contributed by atoms with E-state index in [-0.39, 0.29) is 18.3 Å². The lowest BCUT2D eigenvalue weighted by Crippen LogP contribution is -2.25. The Balaban J connectivity index is 1.91. The third-order valence-electron chi connectivity index (χ3n) is 4.15. The molecule has 0 aliphatic heterocycles. The van der Waals surface area contributed by atoms with Gasteiger partial charge in [0.2, 0.25) is 0 Å². The Kier molecular flexibility index (Phi) is 5.88. The molecule has 140 valence electrons. The van der Waals surface area contributed by atoms with E-state index in [0.29, 0.717) is 28.9 Å². The van der Waals surface area contributed by atoms with E-state index >= 15 is 0 Å². The molecule has 1 aromatic heterocycles. The maximum atomic E-state index is 12.9. The summed E-state index contributed by atoms with van der Waals surface area (Å²) in [6, 6.07) is 14.3. The van der Waals surface area contributed by atoms with Crippen molar-refractivity contribution < 1.29 is 18.7 Å². The fourth-order valence-corrected chi connectivity index (χ4v) is 2.87. The molecule has 0 saturated heterocycles. The summed E-state index contributed by atoms with van der Waals surface area (Å²) in [5, 5.41) is 6.45. The Morgan fingerprint density at radius 2 is 1.78 bits per heavy atom. The van der Waals surface area contributed by atoms with E-state index in [1.807, 2.05) is 25.1 Å². The van der Waals surface area contributed by atoms with E-state index in [2.05, 4.69) is 10.6 Å². The van der Waals surface area contributed by atoms with Gasteiger partial charge < -0.3 is 19.8 Å². The number of carbonyl (C=O) groups excluding carboxylic acids is 2.